The summed E-state index contributed by atoms with van der Waals surface area (Å²) in [6.07, 6.45) is 7.16. The summed E-state index contributed by atoms with van der Waals surface area (Å²) in [6, 6.07) is 0.147. The van der Waals surface area contributed by atoms with E-state index in [-0.39, 0.29) is 17.3 Å². The van der Waals surface area contributed by atoms with E-state index in [1.165, 1.54) is 6.42 Å². The summed E-state index contributed by atoms with van der Waals surface area (Å²) in [5, 5.41) is 3.51. The van der Waals surface area contributed by atoms with Crippen LogP contribution < -0.4 is 5.32 Å². The fraction of sp³-hybridized carbons (Fsp3) is 0.867. The van der Waals surface area contributed by atoms with Gasteiger partial charge >= 0.3 is 0 Å². The molecular weight excluding hydrogens is 258 g/mol. The molecule has 0 amide bonds. The lowest BCUT2D eigenvalue weighted by Crippen LogP contribution is -2.56. The highest BCUT2D eigenvalue weighted by molar-refractivity contribution is 7.92. The van der Waals surface area contributed by atoms with Crippen molar-refractivity contribution in [1.82, 2.24) is 5.32 Å². The summed E-state index contributed by atoms with van der Waals surface area (Å²) in [7, 11) is -3.11. The third kappa shape index (κ3) is 4.32. The predicted octanol–water partition coefficient (Wildman–Crippen LogP) is 3.07. The molecule has 1 N–H and O–H groups in total. The Balaban J connectivity index is 2.95. The molecule has 4 heteroatoms. The highest BCUT2D eigenvalue weighted by atomic mass is 32.2. The van der Waals surface area contributed by atoms with E-state index >= 15 is 0 Å². The van der Waals surface area contributed by atoms with E-state index < -0.39 is 14.6 Å². The molecule has 0 spiro atoms. The van der Waals surface area contributed by atoms with Gasteiger partial charge in [-0.1, -0.05) is 25.3 Å². The summed E-state index contributed by atoms with van der Waals surface area (Å²) in [5.41, 5.74) is -0.266. The van der Waals surface area contributed by atoms with Crippen molar-refractivity contribution in [2.45, 2.75) is 76.1 Å². The van der Waals surface area contributed by atoms with Gasteiger partial charge in [-0.3, -0.25) is 0 Å². The topological polar surface area (TPSA) is 46.2 Å². The van der Waals surface area contributed by atoms with Crippen LogP contribution in [0.25, 0.3) is 0 Å². The summed E-state index contributed by atoms with van der Waals surface area (Å²) in [4.78, 5) is 0. The molecular formula is C15H29NO2S. The molecule has 1 rings (SSSR count). The van der Waals surface area contributed by atoms with Gasteiger partial charge in [0, 0.05) is 11.6 Å². The molecule has 0 aromatic rings. The fourth-order valence-electron chi connectivity index (χ4n) is 2.68. The van der Waals surface area contributed by atoms with Gasteiger partial charge in [0.1, 0.15) is 0 Å². The van der Waals surface area contributed by atoms with Crippen LogP contribution in [0, 0.1) is 0 Å². The van der Waals surface area contributed by atoms with E-state index in [0.717, 1.165) is 25.7 Å². The second kappa shape index (κ2) is 5.96. The van der Waals surface area contributed by atoms with E-state index in [1.54, 1.807) is 20.8 Å². The SMILES string of the molecule is C=C[C@@H](C)NC1(CS(=O)(=O)C(C)(C)C)CCCCC1. The van der Waals surface area contributed by atoms with E-state index in [9.17, 15) is 8.42 Å². The Hall–Kier alpha value is -0.350. The molecule has 0 radical (unpaired) electrons. The fourth-order valence-corrected chi connectivity index (χ4v) is 4.21. The van der Waals surface area contributed by atoms with E-state index in [2.05, 4.69) is 11.9 Å². The monoisotopic (exact) mass is 287 g/mol. The molecule has 0 aromatic heterocycles. The zero-order valence-electron chi connectivity index (χ0n) is 12.8. The molecule has 3 nitrogen and oxygen atoms in total. The van der Waals surface area contributed by atoms with Gasteiger partial charge < -0.3 is 5.32 Å². The number of hydrogen-bond acceptors (Lipinski definition) is 3. The Bertz CT molecular complexity index is 400. The minimum absolute atomic E-state index is 0.147. The smallest absolute Gasteiger partial charge is 0.156 e. The molecule has 1 atom stereocenters. The van der Waals surface area contributed by atoms with Crippen molar-refractivity contribution in [2.24, 2.45) is 0 Å². The average Bonchev–Trinajstić information content (AvgIpc) is 2.27. The van der Waals surface area contributed by atoms with Gasteiger partial charge in [0.25, 0.3) is 0 Å². The van der Waals surface area contributed by atoms with Crippen LogP contribution >= 0.6 is 0 Å². The van der Waals surface area contributed by atoms with Crippen LogP contribution in [-0.2, 0) is 9.84 Å². The van der Waals surface area contributed by atoms with Gasteiger partial charge in [0.2, 0.25) is 0 Å². The maximum Gasteiger partial charge on any atom is 0.156 e. The average molecular weight is 287 g/mol. The Labute approximate surface area is 118 Å². The largest absolute Gasteiger partial charge is 0.304 e. The second-order valence-corrected chi connectivity index (χ2v) is 9.62. The van der Waals surface area contributed by atoms with Gasteiger partial charge in [-0.05, 0) is 40.5 Å². The molecule has 0 bridgehead atoms. The Kier molecular flexibility index (Phi) is 5.24. The van der Waals surface area contributed by atoms with E-state index in [0.29, 0.717) is 0 Å². The molecule has 0 aliphatic heterocycles. The lowest BCUT2D eigenvalue weighted by atomic mass is 9.82. The quantitative estimate of drug-likeness (QED) is 0.791. The molecule has 19 heavy (non-hydrogen) atoms. The van der Waals surface area contributed by atoms with Gasteiger partial charge in [0.15, 0.2) is 9.84 Å². The number of nitrogens with one attached hydrogen (secondary N) is 1. The molecule has 0 aromatic carbocycles. The van der Waals surface area contributed by atoms with Crippen LogP contribution in [0.3, 0.4) is 0 Å². The molecule has 1 saturated carbocycles. The van der Waals surface area contributed by atoms with E-state index in [1.807, 2.05) is 13.0 Å². The van der Waals surface area contributed by atoms with Crippen molar-refractivity contribution < 1.29 is 8.42 Å². The van der Waals surface area contributed by atoms with Crippen molar-refractivity contribution in [2.75, 3.05) is 5.75 Å². The second-order valence-electron chi connectivity index (χ2n) is 6.88. The highest BCUT2D eigenvalue weighted by Gasteiger charge is 2.41. The normalized spacial score (nSPS) is 21.9. The first-order chi connectivity index (χ1) is 8.62. The van der Waals surface area contributed by atoms with Crippen LogP contribution in [0.1, 0.15) is 59.8 Å². The Morgan fingerprint density at radius 3 is 2.21 bits per heavy atom. The van der Waals surface area contributed by atoms with Crippen molar-refractivity contribution in [1.29, 1.82) is 0 Å². The molecule has 1 aliphatic carbocycles. The minimum Gasteiger partial charge on any atom is -0.304 e. The first-order valence-electron chi connectivity index (χ1n) is 7.24. The van der Waals surface area contributed by atoms with E-state index in [4.69, 9.17) is 0 Å². The summed E-state index contributed by atoms with van der Waals surface area (Å²) in [6.45, 7) is 11.2. The number of rotatable bonds is 5. The van der Waals surface area contributed by atoms with Crippen LogP contribution in [0.15, 0.2) is 12.7 Å². The Morgan fingerprint density at radius 2 is 1.79 bits per heavy atom. The molecule has 0 heterocycles. The molecule has 0 unspecified atom stereocenters. The van der Waals surface area contributed by atoms with Crippen molar-refractivity contribution >= 4 is 9.84 Å². The summed E-state index contributed by atoms with van der Waals surface area (Å²) < 4.78 is 24.4. The van der Waals surface area contributed by atoms with Gasteiger partial charge in [-0.15, -0.1) is 6.58 Å². The molecule has 1 aliphatic rings. The molecule has 1 fully saturated rings. The number of sulfone groups is 1. The molecule has 112 valence electrons. The third-order valence-corrected chi connectivity index (χ3v) is 6.90. The van der Waals surface area contributed by atoms with Crippen LogP contribution in [0.4, 0.5) is 0 Å². The zero-order chi connectivity index (χ0) is 14.7. The minimum atomic E-state index is -3.11. The van der Waals surface area contributed by atoms with Crippen LogP contribution in [-0.4, -0.2) is 30.5 Å². The predicted molar refractivity (Wildman–Crippen MR) is 82.2 cm³/mol. The van der Waals surface area contributed by atoms with Crippen LogP contribution in [0.2, 0.25) is 0 Å². The zero-order valence-corrected chi connectivity index (χ0v) is 13.6. The lowest BCUT2D eigenvalue weighted by molar-refractivity contribution is 0.246. The summed E-state index contributed by atoms with van der Waals surface area (Å²) in [5.74, 6) is 0.238. The highest BCUT2D eigenvalue weighted by Crippen LogP contribution is 2.32. The third-order valence-electron chi connectivity index (χ3n) is 4.10. The van der Waals surface area contributed by atoms with Crippen molar-refractivity contribution in [3.8, 4) is 0 Å². The van der Waals surface area contributed by atoms with Gasteiger partial charge in [-0.2, -0.15) is 0 Å². The first-order valence-corrected chi connectivity index (χ1v) is 8.90. The maximum absolute atomic E-state index is 12.5. The molecule has 0 saturated heterocycles. The standard InChI is InChI=1S/C15H29NO2S/c1-6-13(2)16-15(10-8-7-9-11-15)12-19(17,18)14(3,4)5/h6,13,16H,1,7-12H2,2-5H3/t13-/m1/s1. The van der Waals surface area contributed by atoms with Gasteiger partial charge in [0.05, 0.1) is 10.5 Å². The first kappa shape index (κ1) is 16.7. The van der Waals surface area contributed by atoms with Crippen molar-refractivity contribution in [3.63, 3.8) is 0 Å². The summed E-state index contributed by atoms with van der Waals surface area (Å²) >= 11 is 0. The Morgan fingerprint density at radius 1 is 1.26 bits per heavy atom. The number of hydrogen-bond donors (Lipinski definition) is 1. The van der Waals surface area contributed by atoms with Crippen LogP contribution in [0.5, 0.6) is 0 Å². The van der Waals surface area contributed by atoms with Gasteiger partial charge in [-0.25, -0.2) is 8.42 Å². The maximum atomic E-state index is 12.5. The van der Waals surface area contributed by atoms with Crippen molar-refractivity contribution in [3.05, 3.63) is 12.7 Å². The lowest BCUT2D eigenvalue weighted by Gasteiger charge is -2.41.